The maximum absolute atomic E-state index is 12.6. The molecule has 0 unspecified atom stereocenters. The summed E-state index contributed by atoms with van der Waals surface area (Å²) in [6.45, 7) is 8.18. The number of carbonyl (C=O) groups excluding carboxylic acids is 1. The summed E-state index contributed by atoms with van der Waals surface area (Å²) >= 11 is 0. The molecule has 24 heavy (non-hydrogen) atoms. The van der Waals surface area contributed by atoms with Gasteiger partial charge in [0.1, 0.15) is 0 Å². The van der Waals surface area contributed by atoms with Crippen LogP contribution in [-0.2, 0) is 0 Å². The molecule has 4 nitrogen and oxygen atoms in total. The van der Waals surface area contributed by atoms with Gasteiger partial charge in [-0.3, -0.25) is 9.78 Å². The quantitative estimate of drug-likeness (QED) is 0.901. The summed E-state index contributed by atoms with van der Waals surface area (Å²) in [4.78, 5) is 18.7. The zero-order valence-corrected chi connectivity index (χ0v) is 14.7. The van der Waals surface area contributed by atoms with Crippen LogP contribution in [0.4, 0.5) is 11.4 Å². The van der Waals surface area contributed by atoms with Crippen LogP contribution in [0.25, 0.3) is 0 Å². The van der Waals surface area contributed by atoms with Gasteiger partial charge in [-0.1, -0.05) is 32.0 Å². The molecule has 1 aliphatic heterocycles. The van der Waals surface area contributed by atoms with Crippen molar-refractivity contribution in [3.8, 4) is 0 Å². The monoisotopic (exact) mass is 323 g/mol. The van der Waals surface area contributed by atoms with Crippen molar-refractivity contribution in [2.45, 2.75) is 39.5 Å². The Balaban J connectivity index is 1.87. The number of hydrogen-bond acceptors (Lipinski definition) is 3. The molecule has 0 spiro atoms. The molecule has 126 valence electrons. The van der Waals surface area contributed by atoms with Gasteiger partial charge in [0.2, 0.25) is 0 Å². The first-order valence-electron chi connectivity index (χ1n) is 8.67. The Morgan fingerprint density at radius 3 is 2.67 bits per heavy atom. The smallest absolute Gasteiger partial charge is 0.255 e. The number of anilines is 2. The maximum Gasteiger partial charge on any atom is 0.255 e. The molecule has 2 heterocycles. The van der Waals surface area contributed by atoms with Crippen LogP contribution < -0.4 is 5.32 Å². The Morgan fingerprint density at radius 2 is 1.96 bits per heavy atom. The molecule has 0 saturated carbocycles. The third-order valence-electron chi connectivity index (χ3n) is 4.57. The van der Waals surface area contributed by atoms with Gasteiger partial charge in [-0.2, -0.15) is 0 Å². The number of para-hydroxylation sites is 1. The van der Waals surface area contributed by atoms with Crippen molar-refractivity contribution in [1.29, 1.82) is 0 Å². The standard InChI is InChI=1S/C20H25N3O/c1-14(2)18-8-6-7-15(3)19(18)22-17-11-16(12-21-13-17)20(24)23-9-4-5-10-23/h6-8,11-14,22H,4-5,9-10H2,1-3H3. The van der Waals surface area contributed by atoms with E-state index in [4.69, 9.17) is 0 Å². The zero-order chi connectivity index (χ0) is 17.1. The molecular weight excluding hydrogens is 298 g/mol. The van der Waals surface area contributed by atoms with Crippen molar-refractivity contribution in [3.05, 3.63) is 53.3 Å². The number of benzene rings is 1. The lowest BCUT2D eigenvalue weighted by Gasteiger charge is -2.18. The Labute approximate surface area is 143 Å². The molecule has 0 aliphatic carbocycles. The average Bonchev–Trinajstić information content (AvgIpc) is 3.10. The van der Waals surface area contributed by atoms with Crippen LogP contribution >= 0.6 is 0 Å². The van der Waals surface area contributed by atoms with Crippen LogP contribution in [0.3, 0.4) is 0 Å². The molecule has 2 aromatic rings. The van der Waals surface area contributed by atoms with E-state index in [0.717, 1.165) is 37.3 Å². The number of nitrogens with one attached hydrogen (secondary N) is 1. The third-order valence-corrected chi connectivity index (χ3v) is 4.57. The Hall–Kier alpha value is -2.36. The molecule has 4 heteroatoms. The van der Waals surface area contributed by atoms with Crippen molar-refractivity contribution in [2.75, 3.05) is 18.4 Å². The first-order valence-corrected chi connectivity index (χ1v) is 8.67. The van der Waals surface area contributed by atoms with Gasteiger partial charge in [-0.25, -0.2) is 0 Å². The van der Waals surface area contributed by atoms with Crippen molar-refractivity contribution < 1.29 is 4.79 Å². The maximum atomic E-state index is 12.6. The van der Waals surface area contributed by atoms with Crippen molar-refractivity contribution in [3.63, 3.8) is 0 Å². The Morgan fingerprint density at radius 1 is 1.21 bits per heavy atom. The first-order chi connectivity index (χ1) is 11.6. The van der Waals surface area contributed by atoms with Gasteiger partial charge in [0.05, 0.1) is 17.4 Å². The lowest BCUT2D eigenvalue weighted by atomic mass is 9.98. The lowest BCUT2D eigenvalue weighted by Crippen LogP contribution is -2.27. The number of aromatic nitrogens is 1. The minimum absolute atomic E-state index is 0.0810. The molecular formula is C20H25N3O. The number of hydrogen-bond donors (Lipinski definition) is 1. The second-order valence-corrected chi connectivity index (χ2v) is 6.78. The normalized spacial score (nSPS) is 14.2. The van der Waals surface area contributed by atoms with Crippen molar-refractivity contribution >= 4 is 17.3 Å². The molecule has 1 aromatic carbocycles. The highest BCUT2D eigenvalue weighted by Gasteiger charge is 2.20. The topological polar surface area (TPSA) is 45.2 Å². The van der Waals surface area contributed by atoms with E-state index in [2.05, 4.69) is 49.3 Å². The van der Waals surface area contributed by atoms with Gasteiger partial charge < -0.3 is 10.2 Å². The summed E-state index contributed by atoms with van der Waals surface area (Å²) in [5.74, 6) is 0.507. The molecule has 3 rings (SSSR count). The molecule has 0 radical (unpaired) electrons. The summed E-state index contributed by atoms with van der Waals surface area (Å²) in [5, 5.41) is 3.47. The van der Waals surface area contributed by atoms with Crippen LogP contribution in [0.2, 0.25) is 0 Å². The number of nitrogens with zero attached hydrogens (tertiary/aromatic N) is 2. The highest BCUT2D eigenvalue weighted by Crippen LogP contribution is 2.30. The number of likely N-dealkylation sites (tertiary alicyclic amines) is 1. The van der Waals surface area contributed by atoms with E-state index in [9.17, 15) is 4.79 Å². The minimum atomic E-state index is 0.0810. The van der Waals surface area contributed by atoms with Crippen molar-refractivity contribution in [1.82, 2.24) is 9.88 Å². The van der Waals surface area contributed by atoms with Crippen LogP contribution in [0.1, 0.15) is 54.1 Å². The molecule has 0 bridgehead atoms. The highest BCUT2D eigenvalue weighted by atomic mass is 16.2. The molecule has 1 aliphatic rings. The van der Waals surface area contributed by atoms with Gasteiger partial charge in [0.15, 0.2) is 0 Å². The number of carbonyl (C=O) groups is 1. The third kappa shape index (κ3) is 3.42. The average molecular weight is 323 g/mol. The Bertz CT molecular complexity index is 733. The van der Waals surface area contributed by atoms with E-state index in [0.29, 0.717) is 11.5 Å². The predicted octanol–water partition coefficient (Wildman–Crippen LogP) is 4.49. The van der Waals surface area contributed by atoms with E-state index in [1.807, 2.05) is 11.0 Å². The fraction of sp³-hybridized carbons (Fsp3) is 0.400. The second kappa shape index (κ2) is 7.04. The van der Waals surface area contributed by atoms with E-state index in [1.54, 1.807) is 12.4 Å². The van der Waals surface area contributed by atoms with Crippen molar-refractivity contribution in [2.24, 2.45) is 0 Å². The largest absolute Gasteiger partial charge is 0.354 e. The van der Waals surface area contributed by atoms with E-state index in [1.165, 1.54) is 11.1 Å². The summed E-state index contributed by atoms with van der Waals surface area (Å²) in [6.07, 6.45) is 5.63. The molecule has 1 fully saturated rings. The number of pyridine rings is 1. The molecule has 1 saturated heterocycles. The highest BCUT2D eigenvalue weighted by molar-refractivity contribution is 5.95. The SMILES string of the molecule is Cc1cccc(C(C)C)c1Nc1cncc(C(=O)N2CCCC2)c1. The molecule has 1 N–H and O–H groups in total. The number of amides is 1. The molecule has 1 amide bonds. The number of rotatable bonds is 4. The summed E-state index contributed by atoms with van der Waals surface area (Å²) in [7, 11) is 0. The van der Waals surface area contributed by atoms with Crippen LogP contribution in [-0.4, -0.2) is 28.9 Å². The Kier molecular flexibility index (Phi) is 4.84. The zero-order valence-electron chi connectivity index (χ0n) is 14.7. The van der Waals surface area contributed by atoms with Gasteiger partial charge in [-0.05, 0) is 42.9 Å². The van der Waals surface area contributed by atoms with E-state index < -0.39 is 0 Å². The van der Waals surface area contributed by atoms with Gasteiger partial charge >= 0.3 is 0 Å². The fourth-order valence-corrected chi connectivity index (χ4v) is 3.21. The summed E-state index contributed by atoms with van der Waals surface area (Å²) in [6, 6.07) is 8.24. The summed E-state index contributed by atoms with van der Waals surface area (Å²) in [5.41, 5.74) is 5.08. The first kappa shape index (κ1) is 16.5. The second-order valence-electron chi connectivity index (χ2n) is 6.78. The molecule has 0 atom stereocenters. The van der Waals surface area contributed by atoms with Gasteiger partial charge in [0, 0.05) is 25.0 Å². The van der Waals surface area contributed by atoms with E-state index >= 15 is 0 Å². The van der Waals surface area contributed by atoms with Crippen LogP contribution in [0.5, 0.6) is 0 Å². The fourth-order valence-electron chi connectivity index (χ4n) is 3.21. The van der Waals surface area contributed by atoms with Gasteiger partial charge in [-0.15, -0.1) is 0 Å². The molecule has 1 aromatic heterocycles. The summed E-state index contributed by atoms with van der Waals surface area (Å²) < 4.78 is 0. The lowest BCUT2D eigenvalue weighted by molar-refractivity contribution is 0.0792. The van der Waals surface area contributed by atoms with Gasteiger partial charge in [0.25, 0.3) is 5.91 Å². The van der Waals surface area contributed by atoms with E-state index in [-0.39, 0.29) is 5.91 Å². The minimum Gasteiger partial charge on any atom is -0.354 e. The van der Waals surface area contributed by atoms with Crippen LogP contribution in [0, 0.1) is 6.92 Å². The van der Waals surface area contributed by atoms with Crippen LogP contribution in [0.15, 0.2) is 36.7 Å². The number of aryl methyl sites for hydroxylation is 1. The predicted molar refractivity (Wildman–Crippen MR) is 97.9 cm³/mol.